The number of anilines is 9. The largest absolute Gasteiger partial charge is 0.494 e. The van der Waals surface area contributed by atoms with Gasteiger partial charge in [0.1, 0.15) is 22.8 Å². The third kappa shape index (κ3) is 17.9. The molecule has 0 aliphatic carbocycles. The van der Waals surface area contributed by atoms with Crippen LogP contribution in [0.2, 0.25) is 0 Å². The Balaban J connectivity index is 0.000000130. The molecule has 0 atom stereocenters. The number of aryl methyl sites for hydroxylation is 5. The van der Waals surface area contributed by atoms with Crippen molar-refractivity contribution in [3.05, 3.63) is 211 Å². The molecule has 22 nitrogen and oxygen atoms in total. The molecule has 0 amide bonds. The molecule has 0 spiro atoms. The van der Waals surface area contributed by atoms with Gasteiger partial charge in [0.25, 0.3) is 0 Å². The van der Waals surface area contributed by atoms with Crippen molar-refractivity contribution in [2.45, 2.75) is 50.8 Å². The number of nitrogen functional groups attached to an aromatic ring is 1. The Kier molecular flexibility index (Phi) is 21.3. The molecule has 1 aliphatic rings. The number of hydrogen-bond donors (Lipinski definition) is 5. The number of methoxy groups -OCH3 is 1. The molecule has 9 heterocycles. The van der Waals surface area contributed by atoms with Gasteiger partial charge in [-0.3, -0.25) is 0 Å². The molecule has 6 N–H and O–H groups in total. The second kappa shape index (κ2) is 30.8. The van der Waals surface area contributed by atoms with Crippen molar-refractivity contribution >= 4 is 107 Å². The van der Waals surface area contributed by atoms with E-state index in [2.05, 4.69) is 100 Å². The smallest absolute Gasteiger partial charge is 0.227 e. The van der Waals surface area contributed by atoms with Crippen LogP contribution in [-0.4, -0.2) is 88.5 Å². The first-order valence-electron chi connectivity index (χ1n) is 29.2. The van der Waals surface area contributed by atoms with Gasteiger partial charge in [-0.05, 0) is 137 Å². The lowest BCUT2D eigenvalue weighted by Crippen LogP contribution is -2.04. The van der Waals surface area contributed by atoms with Crippen LogP contribution in [-0.2, 0) is 9.84 Å². The summed E-state index contributed by atoms with van der Waals surface area (Å²) in [4.78, 5) is 52.8. The minimum atomic E-state index is -3.69. The summed E-state index contributed by atoms with van der Waals surface area (Å²) in [5.74, 6) is 3.09. The molecule has 8 aromatic heterocycles. The fourth-order valence-corrected chi connectivity index (χ4v) is 12.7. The van der Waals surface area contributed by atoms with Gasteiger partial charge >= 0.3 is 0 Å². The zero-order chi connectivity index (χ0) is 66.3. The van der Waals surface area contributed by atoms with Gasteiger partial charge in [-0.1, -0.05) is 24.3 Å². The van der Waals surface area contributed by atoms with Gasteiger partial charge in [-0.25, -0.2) is 72.6 Å². The Labute approximate surface area is 562 Å². The number of nitrogens with zero attached hydrogens (tertiary/aromatic N) is 12. The van der Waals surface area contributed by atoms with E-state index in [1.807, 2.05) is 91.7 Å². The molecule has 13 aromatic rings. The van der Waals surface area contributed by atoms with Gasteiger partial charge in [0.2, 0.25) is 33.6 Å². The van der Waals surface area contributed by atoms with Crippen LogP contribution in [0.15, 0.2) is 190 Å². The van der Waals surface area contributed by atoms with Crippen LogP contribution >= 0.6 is 45.3 Å². The first-order chi connectivity index (χ1) is 46.0. The maximum atomic E-state index is 13.7. The number of nitrogens with two attached hydrogens (primary N) is 1. The molecule has 5 aromatic carbocycles. The standard InChI is InChI=1S/C20H17N5O2S2.C17H16N4O2S.C15H13FN4OS.C15H14N4S/c1-13-23-19(12-28-13)18-8-9-22-20(25-18)24-15-5-3-7-17(11-15)29(26,27)16-6-2-4-14(21)10-16;1-11-19-14(10-24-11)13-5-6-18-17(21-13)20-12-3-4-15-16(9-12)23-8-2-7-22-15;1-9-18-13(8-22-9)12-5-6-17-15(20-12)19-10-3-4-14(21-2)11(16)7-10;1-10-4-3-5-12(8-10)18-15-16-7-6-13(19-15)14-9-20-11(2)17-14/h2-12H,21H2,1H3,(H,22,24,25);3-6,9-10H,2,7-8H2,1H3,(H,18,20,21);3-8H,1-2H3,(H,17,19,20);3-9H,1-2H3,(H,16,18,19). The highest BCUT2D eigenvalue weighted by atomic mass is 32.2. The first-order valence-corrected chi connectivity index (χ1v) is 34.2. The fourth-order valence-electron chi connectivity index (χ4n) is 8.95. The van der Waals surface area contributed by atoms with Crippen molar-refractivity contribution in [3.63, 3.8) is 0 Å². The van der Waals surface area contributed by atoms with Crippen molar-refractivity contribution in [2.75, 3.05) is 47.3 Å². The van der Waals surface area contributed by atoms with E-state index >= 15 is 0 Å². The van der Waals surface area contributed by atoms with Gasteiger partial charge in [-0.2, -0.15) is 0 Å². The van der Waals surface area contributed by atoms with Gasteiger partial charge in [0, 0.05) is 93.3 Å². The van der Waals surface area contributed by atoms with Crippen LogP contribution in [0.5, 0.6) is 17.2 Å². The summed E-state index contributed by atoms with van der Waals surface area (Å²) in [6, 6.07) is 38.4. The Morgan fingerprint density at radius 1 is 0.442 bits per heavy atom. The molecule has 0 radical (unpaired) electrons. The average molecular weight is 1360 g/mol. The van der Waals surface area contributed by atoms with Crippen LogP contribution in [0.3, 0.4) is 0 Å². The maximum Gasteiger partial charge on any atom is 0.227 e. The van der Waals surface area contributed by atoms with E-state index in [0.717, 1.165) is 89.2 Å². The van der Waals surface area contributed by atoms with Crippen LogP contribution in [0.4, 0.5) is 56.6 Å². The third-order valence-corrected chi connectivity index (χ3v) is 18.2. The summed E-state index contributed by atoms with van der Waals surface area (Å²) >= 11 is 6.33. The molecule has 0 saturated heterocycles. The summed E-state index contributed by atoms with van der Waals surface area (Å²) in [7, 11) is -2.27. The molecule has 14 rings (SSSR count). The minimum absolute atomic E-state index is 0.145. The fraction of sp³-hybridized carbons (Fsp3) is 0.134. The number of ether oxygens (including phenoxy) is 3. The number of benzene rings is 5. The van der Waals surface area contributed by atoms with Gasteiger partial charge in [0.05, 0.1) is 72.9 Å². The normalized spacial score (nSPS) is 11.5. The second-order valence-electron chi connectivity index (χ2n) is 20.6. The summed E-state index contributed by atoms with van der Waals surface area (Å²) in [5.41, 5.74) is 16.6. The summed E-state index contributed by atoms with van der Waals surface area (Å²) in [5, 5.41) is 24.3. The topological polar surface area (TPSA) is 291 Å². The molecule has 0 fully saturated rings. The zero-order valence-corrected chi connectivity index (χ0v) is 55.9. The summed E-state index contributed by atoms with van der Waals surface area (Å²) < 4.78 is 55.7. The Morgan fingerprint density at radius 3 is 1.26 bits per heavy atom. The lowest BCUT2D eigenvalue weighted by atomic mass is 10.2. The Bertz CT molecular complexity index is 4890. The molecular formula is C67H60FN17O5S5. The number of rotatable bonds is 15. The number of halogens is 1. The van der Waals surface area contributed by atoms with Gasteiger partial charge in [0.15, 0.2) is 23.1 Å². The number of sulfone groups is 1. The Hall–Kier alpha value is -10.8. The van der Waals surface area contributed by atoms with Gasteiger partial charge in [-0.15, -0.1) is 45.3 Å². The van der Waals surface area contributed by atoms with Crippen molar-refractivity contribution in [2.24, 2.45) is 0 Å². The second-order valence-corrected chi connectivity index (χ2v) is 26.8. The molecule has 0 saturated carbocycles. The van der Waals surface area contributed by atoms with Crippen molar-refractivity contribution in [3.8, 4) is 62.8 Å². The number of thiazole rings is 4. The van der Waals surface area contributed by atoms with Crippen LogP contribution in [0.1, 0.15) is 32.0 Å². The molecule has 0 bridgehead atoms. The Morgan fingerprint density at radius 2 is 0.842 bits per heavy atom. The van der Waals surface area contributed by atoms with E-state index in [4.69, 9.17) is 19.9 Å². The zero-order valence-electron chi connectivity index (χ0n) is 51.8. The number of fused-ring (bicyclic) bond motifs is 1. The molecule has 480 valence electrons. The van der Waals surface area contributed by atoms with E-state index in [9.17, 15) is 12.8 Å². The maximum absolute atomic E-state index is 13.7. The predicted molar refractivity (Wildman–Crippen MR) is 374 cm³/mol. The number of hydrogen-bond acceptors (Lipinski definition) is 26. The predicted octanol–water partition coefficient (Wildman–Crippen LogP) is 15.6. The lowest BCUT2D eigenvalue weighted by molar-refractivity contribution is 0.297. The van der Waals surface area contributed by atoms with Crippen molar-refractivity contribution in [1.82, 2.24) is 59.8 Å². The van der Waals surface area contributed by atoms with E-state index in [1.54, 1.807) is 131 Å². The molecule has 95 heavy (non-hydrogen) atoms. The minimum Gasteiger partial charge on any atom is -0.494 e. The van der Waals surface area contributed by atoms with E-state index in [-0.39, 0.29) is 15.5 Å². The van der Waals surface area contributed by atoms with Crippen LogP contribution < -0.4 is 41.2 Å². The summed E-state index contributed by atoms with van der Waals surface area (Å²) in [6.45, 7) is 11.2. The third-order valence-electron chi connectivity index (χ3n) is 13.4. The summed E-state index contributed by atoms with van der Waals surface area (Å²) in [6.07, 6.45) is 7.62. The number of aromatic nitrogens is 12. The lowest BCUT2D eigenvalue weighted by Gasteiger charge is -2.10. The van der Waals surface area contributed by atoms with Crippen molar-refractivity contribution in [1.29, 1.82) is 0 Å². The van der Waals surface area contributed by atoms with E-state index in [1.165, 1.54) is 30.9 Å². The highest BCUT2D eigenvalue weighted by Gasteiger charge is 2.20. The van der Waals surface area contributed by atoms with E-state index in [0.29, 0.717) is 59.8 Å². The quantitative estimate of drug-likeness (QED) is 0.0596. The SMILES string of the molecule is COc1ccc(Nc2nccc(-c3csc(C)n3)n2)cc1F.Cc1cccc(Nc2nccc(-c3csc(C)n3)n2)c1.Cc1nc(-c2ccnc(Nc3ccc4c(c3)OCCCO4)n2)cs1.Cc1nc(-c2ccnc(Nc3cccc(S(=O)(=O)c4cccc(N)c4)c3)n2)cs1. The average Bonchev–Trinajstić information content (AvgIpc) is 1.49. The molecule has 28 heteroatoms. The monoisotopic (exact) mass is 1360 g/mol. The molecule has 0 unspecified atom stereocenters. The number of nitrogens with one attached hydrogen (secondary N) is 4. The molecule has 1 aliphatic heterocycles. The van der Waals surface area contributed by atoms with E-state index < -0.39 is 15.7 Å². The highest BCUT2D eigenvalue weighted by molar-refractivity contribution is 7.91. The molecular weight excluding hydrogens is 1300 g/mol. The van der Waals surface area contributed by atoms with Gasteiger partial charge < -0.3 is 41.2 Å². The highest BCUT2D eigenvalue weighted by Crippen LogP contribution is 2.34. The first kappa shape index (κ1) is 65.7. The van der Waals surface area contributed by atoms with Crippen LogP contribution in [0.25, 0.3) is 45.6 Å². The van der Waals surface area contributed by atoms with Crippen molar-refractivity contribution < 1.29 is 27.0 Å². The van der Waals surface area contributed by atoms with Crippen LogP contribution in [0, 0.1) is 40.4 Å².